The summed E-state index contributed by atoms with van der Waals surface area (Å²) in [6.45, 7) is 1.68. The zero-order valence-electron chi connectivity index (χ0n) is 10.7. The first-order valence-corrected chi connectivity index (χ1v) is 6.28. The average molecular weight is 313 g/mol. The number of benzene rings is 1. The van der Waals surface area contributed by atoms with Crippen molar-refractivity contribution in [3.05, 3.63) is 47.1 Å². The fourth-order valence-electron chi connectivity index (χ4n) is 2.10. The van der Waals surface area contributed by atoms with E-state index in [1.165, 1.54) is 23.0 Å². The number of rotatable bonds is 1. The number of alkyl halides is 3. The van der Waals surface area contributed by atoms with E-state index in [1.54, 1.807) is 6.92 Å². The van der Waals surface area contributed by atoms with Gasteiger partial charge in [0.15, 0.2) is 5.82 Å². The minimum atomic E-state index is -4.42. The molecule has 0 amide bonds. The summed E-state index contributed by atoms with van der Waals surface area (Å²) >= 11 is 5.78. The Hall–Kier alpha value is -2.15. The van der Waals surface area contributed by atoms with Crippen molar-refractivity contribution in [2.24, 2.45) is 0 Å². The first kappa shape index (κ1) is 13.8. The lowest BCUT2D eigenvalue weighted by molar-refractivity contribution is -0.137. The Bertz CT molecular complexity index is 826. The molecule has 0 saturated carbocycles. The average Bonchev–Trinajstić information content (AvgIpc) is 2.72. The first-order chi connectivity index (χ1) is 9.86. The molecule has 0 atom stereocenters. The summed E-state index contributed by atoms with van der Waals surface area (Å²) in [5.41, 5.74) is 0.00676. The molecule has 0 aliphatic heterocycles. The first-order valence-electron chi connectivity index (χ1n) is 5.90. The molecule has 3 aromatic rings. The molecule has 0 radical (unpaired) electrons. The normalized spacial score (nSPS) is 12.0. The number of aryl methyl sites for hydroxylation is 1. The highest BCUT2D eigenvalue weighted by molar-refractivity contribution is 6.29. The molecule has 4 nitrogen and oxygen atoms in total. The van der Waals surface area contributed by atoms with Gasteiger partial charge in [-0.1, -0.05) is 11.6 Å². The van der Waals surface area contributed by atoms with Gasteiger partial charge >= 0.3 is 6.18 Å². The van der Waals surface area contributed by atoms with E-state index in [9.17, 15) is 13.2 Å². The van der Waals surface area contributed by atoms with Crippen LogP contribution in [0.15, 0.2) is 30.6 Å². The molecule has 2 aromatic heterocycles. The van der Waals surface area contributed by atoms with E-state index in [4.69, 9.17) is 11.6 Å². The Labute approximate surface area is 122 Å². The number of aromatic nitrogens is 4. The number of hydrogen-bond acceptors (Lipinski definition) is 3. The molecule has 0 N–H and O–H groups in total. The summed E-state index contributed by atoms with van der Waals surface area (Å²) in [6, 6.07) is 3.38. The van der Waals surface area contributed by atoms with Crippen molar-refractivity contribution in [3.63, 3.8) is 0 Å². The lowest BCUT2D eigenvalue weighted by atomic mass is 10.2. The second-order valence-corrected chi connectivity index (χ2v) is 4.78. The van der Waals surface area contributed by atoms with Crippen LogP contribution in [0.1, 0.15) is 11.4 Å². The molecule has 3 rings (SSSR count). The van der Waals surface area contributed by atoms with Gasteiger partial charge in [0, 0.05) is 0 Å². The van der Waals surface area contributed by atoms with E-state index in [0.29, 0.717) is 22.7 Å². The standard InChI is InChI=1S/C13H8ClF3N4/c1-7-19-9-3-2-8(13(15,16)17)4-10(9)21(7)12-6-18-5-11(14)20-12/h2-6H,1H3. The van der Waals surface area contributed by atoms with Crippen molar-refractivity contribution < 1.29 is 13.2 Å². The Morgan fingerprint density at radius 3 is 2.57 bits per heavy atom. The smallest absolute Gasteiger partial charge is 0.279 e. The molecular weight excluding hydrogens is 305 g/mol. The number of nitrogens with zero attached hydrogens (tertiary/aromatic N) is 4. The number of hydrogen-bond donors (Lipinski definition) is 0. The van der Waals surface area contributed by atoms with Crippen molar-refractivity contribution in [2.45, 2.75) is 13.1 Å². The second-order valence-electron chi connectivity index (χ2n) is 4.40. The summed E-state index contributed by atoms with van der Waals surface area (Å²) in [5, 5.41) is 0.153. The quantitative estimate of drug-likeness (QED) is 0.686. The Kier molecular flexibility index (Phi) is 3.09. The summed E-state index contributed by atoms with van der Waals surface area (Å²) in [6.07, 6.45) is -1.65. The van der Waals surface area contributed by atoms with Gasteiger partial charge in [-0.25, -0.2) is 9.97 Å². The van der Waals surface area contributed by atoms with Gasteiger partial charge < -0.3 is 0 Å². The lowest BCUT2D eigenvalue weighted by Crippen LogP contribution is -2.05. The highest BCUT2D eigenvalue weighted by Crippen LogP contribution is 2.32. The van der Waals surface area contributed by atoms with E-state index >= 15 is 0 Å². The lowest BCUT2D eigenvalue weighted by Gasteiger charge is -2.08. The van der Waals surface area contributed by atoms with Gasteiger partial charge in [0.25, 0.3) is 0 Å². The molecular formula is C13H8ClF3N4. The van der Waals surface area contributed by atoms with Crippen LogP contribution in [0.4, 0.5) is 13.2 Å². The zero-order chi connectivity index (χ0) is 15.2. The number of fused-ring (bicyclic) bond motifs is 1. The maximum Gasteiger partial charge on any atom is 0.416 e. The fourth-order valence-corrected chi connectivity index (χ4v) is 2.24. The van der Waals surface area contributed by atoms with Crippen LogP contribution in [0.3, 0.4) is 0 Å². The van der Waals surface area contributed by atoms with Crippen LogP contribution in [0.25, 0.3) is 16.9 Å². The van der Waals surface area contributed by atoms with Gasteiger partial charge in [-0.15, -0.1) is 0 Å². The van der Waals surface area contributed by atoms with Gasteiger partial charge in [-0.2, -0.15) is 13.2 Å². The molecule has 0 aliphatic rings. The molecule has 0 fully saturated rings. The molecule has 2 heterocycles. The van der Waals surface area contributed by atoms with E-state index in [0.717, 1.165) is 12.1 Å². The molecule has 0 spiro atoms. The van der Waals surface area contributed by atoms with Crippen LogP contribution in [0.5, 0.6) is 0 Å². The molecule has 8 heteroatoms. The minimum absolute atomic E-state index is 0.153. The van der Waals surface area contributed by atoms with Gasteiger partial charge in [0.1, 0.15) is 11.0 Å². The molecule has 0 bridgehead atoms. The second kappa shape index (κ2) is 4.70. The maximum atomic E-state index is 12.8. The molecule has 0 aliphatic carbocycles. The third kappa shape index (κ3) is 2.44. The summed E-state index contributed by atoms with van der Waals surface area (Å²) < 4.78 is 40.0. The van der Waals surface area contributed by atoms with Crippen LogP contribution in [0.2, 0.25) is 5.15 Å². The van der Waals surface area contributed by atoms with Crippen molar-refractivity contribution in [3.8, 4) is 5.82 Å². The zero-order valence-corrected chi connectivity index (χ0v) is 11.4. The Balaban J connectivity index is 2.29. The van der Waals surface area contributed by atoms with Crippen molar-refractivity contribution in [2.75, 3.05) is 0 Å². The SMILES string of the molecule is Cc1nc2ccc(C(F)(F)F)cc2n1-c1cncc(Cl)n1. The Morgan fingerprint density at radius 2 is 1.90 bits per heavy atom. The van der Waals surface area contributed by atoms with Gasteiger partial charge in [-0.05, 0) is 25.1 Å². The Morgan fingerprint density at radius 1 is 1.14 bits per heavy atom. The monoisotopic (exact) mass is 312 g/mol. The van der Waals surface area contributed by atoms with E-state index in [1.807, 2.05) is 0 Å². The van der Waals surface area contributed by atoms with Crippen molar-refractivity contribution in [1.82, 2.24) is 19.5 Å². The number of halogens is 4. The van der Waals surface area contributed by atoms with Gasteiger partial charge in [0.2, 0.25) is 0 Å². The largest absolute Gasteiger partial charge is 0.416 e. The van der Waals surface area contributed by atoms with Gasteiger partial charge in [-0.3, -0.25) is 9.55 Å². The minimum Gasteiger partial charge on any atom is -0.279 e. The summed E-state index contributed by atoms with van der Waals surface area (Å²) in [4.78, 5) is 12.2. The molecule has 0 unspecified atom stereocenters. The topological polar surface area (TPSA) is 43.6 Å². The predicted octanol–water partition coefficient (Wildman–Crippen LogP) is 3.80. The van der Waals surface area contributed by atoms with Crippen LogP contribution in [0, 0.1) is 6.92 Å². The van der Waals surface area contributed by atoms with Crippen molar-refractivity contribution >= 4 is 22.6 Å². The highest BCUT2D eigenvalue weighted by Gasteiger charge is 2.31. The van der Waals surface area contributed by atoms with Crippen LogP contribution in [-0.4, -0.2) is 19.5 Å². The summed E-state index contributed by atoms with van der Waals surface area (Å²) in [5.74, 6) is 0.822. The van der Waals surface area contributed by atoms with E-state index < -0.39 is 11.7 Å². The third-order valence-corrected chi connectivity index (χ3v) is 3.15. The van der Waals surface area contributed by atoms with Crippen LogP contribution >= 0.6 is 11.6 Å². The maximum absolute atomic E-state index is 12.8. The number of imidazole rings is 1. The predicted molar refractivity (Wildman–Crippen MR) is 71.4 cm³/mol. The van der Waals surface area contributed by atoms with Crippen molar-refractivity contribution in [1.29, 1.82) is 0 Å². The third-order valence-electron chi connectivity index (χ3n) is 2.97. The molecule has 0 saturated heterocycles. The highest BCUT2D eigenvalue weighted by atomic mass is 35.5. The molecule has 21 heavy (non-hydrogen) atoms. The molecule has 108 valence electrons. The van der Waals surface area contributed by atoms with E-state index in [2.05, 4.69) is 15.0 Å². The fraction of sp³-hybridized carbons (Fsp3) is 0.154. The molecule has 1 aromatic carbocycles. The van der Waals surface area contributed by atoms with Crippen LogP contribution < -0.4 is 0 Å². The van der Waals surface area contributed by atoms with Crippen LogP contribution in [-0.2, 0) is 6.18 Å². The van der Waals surface area contributed by atoms with Gasteiger partial charge in [0.05, 0.1) is 29.0 Å². The van der Waals surface area contributed by atoms with E-state index in [-0.39, 0.29) is 5.15 Å². The summed E-state index contributed by atoms with van der Waals surface area (Å²) in [7, 11) is 0.